The number of aliphatic hydroxyl groups is 4. The van der Waals surface area contributed by atoms with Gasteiger partial charge in [-0.15, -0.1) is 0 Å². The number of methoxy groups -OCH3 is 1. The molecule has 2 rings (SSSR count). The molecule has 5 atom stereocenters. The summed E-state index contributed by atoms with van der Waals surface area (Å²) < 4.78 is 15.5. The molecular weight excluding hydrogens is 284 g/mol. The van der Waals surface area contributed by atoms with E-state index in [0.717, 1.165) is 0 Å². The number of hydrogen-bond donors (Lipinski definition) is 5. The van der Waals surface area contributed by atoms with Crippen LogP contribution in [0.1, 0.15) is 0 Å². The molecule has 0 aliphatic carbocycles. The van der Waals surface area contributed by atoms with Crippen LogP contribution in [0.15, 0.2) is 18.2 Å². The molecule has 0 spiro atoms. The normalized spacial score (nSPS) is 32.7. The Bertz CT molecular complexity index is 477. The number of hydrogen-bond acceptors (Lipinski definition) is 8. The van der Waals surface area contributed by atoms with Crippen LogP contribution in [0.4, 0.5) is 0 Å². The highest BCUT2D eigenvalue weighted by molar-refractivity contribution is 5.44. The zero-order valence-corrected chi connectivity index (χ0v) is 11.3. The zero-order valence-electron chi connectivity index (χ0n) is 11.3. The molecule has 5 N–H and O–H groups in total. The van der Waals surface area contributed by atoms with Crippen LogP contribution >= 0.6 is 0 Å². The SMILES string of the molecule is COc1cc(OC2OC(CO)[C@@H](O)[C@H](O)[C@@H]2O)ccc1O. The molecule has 2 unspecified atom stereocenters. The number of phenols is 1. The first-order chi connectivity index (χ1) is 9.97. The van der Waals surface area contributed by atoms with Gasteiger partial charge in [-0.25, -0.2) is 0 Å². The Kier molecular flexibility index (Phi) is 4.86. The summed E-state index contributed by atoms with van der Waals surface area (Å²) in [4.78, 5) is 0. The van der Waals surface area contributed by atoms with E-state index in [-0.39, 0.29) is 17.2 Å². The van der Waals surface area contributed by atoms with E-state index in [1.54, 1.807) is 0 Å². The quantitative estimate of drug-likeness (QED) is 0.458. The second-order valence-electron chi connectivity index (χ2n) is 4.65. The van der Waals surface area contributed by atoms with Gasteiger partial charge in [0.05, 0.1) is 13.7 Å². The Balaban J connectivity index is 2.14. The molecule has 1 aromatic rings. The lowest BCUT2D eigenvalue weighted by Crippen LogP contribution is -2.60. The van der Waals surface area contributed by atoms with Crippen LogP contribution in [0, 0.1) is 0 Å². The minimum absolute atomic E-state index is 0.0846. The number of benzene rings is 1. The van der Waals surface area contributed by atoms with E-state index >= 15 is 0 Å². The largest absolute Gasteiger partial charge is 0.504 e. The predicted molar refractivity (Wildman–Crippen MR) is 69.1 cm³/mol. The van der Waals surface area contributed by atoms with Gasteiger partial charge in [-0.2, -0.15) is 0 Å². The molecule has 8 heteroatoms. The highest BCUT2D eigenvalue weighted by atomic mass is 16.7. The van der Waals surface area contributed by atoms with Gasteiger partial charge in [0.25, 0.3) is 0 Å². The highest BCUT2D eigenvalue weighted by Crippen LogP contribution is 2.31. The summed E-state index contributed by atoms with van der Waals surface area (Å²) in [7, 11) is 1.37. The molecule has 0 bridgehead atoms. The van der Waals surface area contributed by atoms with Crippen molar-refractivity contribution in [1.82, 2.24) is 0 Å². The molecule has 0 amide bonds. The maximum absolute atomic E-state index is 9.84. The van der Waals surface area contributed by atoms with Gasteiger partial charge < -0.3 is 39.7 Å². The Hall–Kier alpha value is -1.58. The monoisotopic (exact) mass is 302 g/mol. The molecule has 1 aliphatic heterocycles. The average molecular weight is 302 g/mol. The minimum Gasteiger partial charge on any atom is -0.504 e. The molecule has 8 nitrogen and oxygen atoms in total. The summed E-state index contributed by atoms with van der Waals surface area (Å²) in [6.45, 7) is -0.538. The van der Waals surface area contributed by atoms with Crippen molar-refractivity contribution in [1.29, 1.82) is 0 Å². The second kappa shape index (κ2) is 6.46. The fourth-order valence-corrected chi connectivity index (χ4v) is 2.03. The number of phenolic OH excluding ortho intramolecular Hbond substituents is 1. The van der Waals surface area contributed by atoms with Crippen LogP contribution in [-0.4, -0.2) is 70.0 Å². The van der Waals surface area contributed by atoms with Gasteiger partial charge >= 0.3 is 0 Å². The lowest BCUT2D eigenvalue weighted by Gasteiger charge is -2.39. The highest BCUT2D eigenvalue weighted by Gasteiger charge is 2.44. The number of ether oxygens (including phenoxy) is 3. The topological polar surface area (TPSA) is 129 Å². The summed E-state index contributed by atoms with van der Waals surface area (Å²) in [6.07, 6.45) is -6.79. The number of rotatable bonds is 4. The van der Waals surface area contributed by atoms with Gasteiger partial charge in [-0.3, -0.25) is 0 Å². The Labute approximate surface area is 120 Å². The Morgan fingerprint density at radius 1 is 1.14 bits per heavy atom. The van der Waals surface area contributed by atoms with Crippen molar-refractivity contribution in [3.05, 3.63) is 18.2 Å². The zero-order chi connectivity index (χ0) is 15.6. The maximum Gasteiger partial charge on any atom is 0.229 e. The third-order valence-corrected chi connectivity index (χ3v) is 3.25. The predicted octanol–water partition coefficient (Wildman–Crippen LogP) is -1.42. The molecule has 118 valence electrons. The smallest absolute Gasteiger partial charge is 0.229 e. The fraction of sp³-hybridized carbons (Fsp3) is 0.538. The maximum atomic E-state index is 9.84. The first-order valence-electron chi connectivity index (χ1n) is 6.32. The molecule has 0 saturated carbocycles. The van der Waals surface area contributed by atoms with Crippen LogP contribution in [-0.2, 0) is 4.74 Å². The van der Waals surface area contributed by atoms with Crippen molar-refractivity contribution in [3.8, 4) is 17.2 Å². The van der Waals surface area contributed by atoms with Gasteiger partial charge in [0, 0.05) is 6.07 Å². The van der Waals surface area contributed by atoms with E-state index < -0.39 is 37.3 Å². The summed E-state index contributed by atoms with van der Waals surface area (Å²) in [5, 5.41) is 47.7. The lowest BCUT2D eigenvalue weighted by molar-refractivity contribution is -0.277. The van der Waals surface area contributed by atoms with E-state index in [1.807, 2.05) is 0 Å². The van der Waals surface area contributed by atoms with Crippen molar-refractivity contribution in [2.75, 3.05) is 13.7 Å². The third-order valence-electron chi connectivity index (χ3n) is 3.25. The standard InChI is InChI=1S/C13H18O8/c1-19-8-4-6(2-3-7(8)15)20-13-12(18)11(17)10(16)9(5-14)21-13/h2-4,9-18H,5H2,1H3/t9?,10-,11+,12+,13?/m1/s1. The molecule has 1 saturated heterocycles. The summed E-state index contributed by atoms with van der Waals surface area (Å²) in [5.74, 6) is 0.296. The van der Waals surface area contributed by atoms with Crippen molar-refractivity contribution >= 4 is 0 Å². The second-order valence-corrected chi connectivity index (χ2v) is 4.65. The number of aromatic hydroxyl groups is 1. The van der Waals surface area contributed by atoms with Crippen molar-refractivity contribution in [2.45, 2.75) is 30.7 Å². The summed E-state index contributed by atoms with van der Waals surface area (Å²) >= 11 is 0. The molecule has 1 aliphatic rings. The third kappa shape index (κ3) is 3.20. The summed E-state index contributed by atoms with van der Waals surface area (Å²) in [6, 6.07) is 4.12. The molecule has 0 aromatic heterocycles. The van der Waals surface area contributed by atoms with Gasteiger partial charge in [0.15, 0.2) is 11.5 Å². The molecule has 0 radical (unpaired) electrons. The van der Waals surface area contributed by atoms with Gasteiger partial charge in [-0.1, -0.05) is 0 Å². The summed E-state index contributed by atoms with van der Waals surface area (Å²) in [5.41, 5.74) is 0. The average Bonchev–Trinajstić information content (AvgIpc) is 2.49. The minimum atomic E-state index is -1.51. The molecule has 1 heterocycles. The molecule has 21 heavy (non-hydrogen) atoms. The number of aliphatic hydroxyl groups excluding tert-OH is 4. The van der Waals surface area contributed by atoms with Gasteiger partial charge in [-0.05, 0) is 12.1 Å². The van der Waals surface area contributed by atoms with E-state index in [1.165, 1.54) is 25.3 Å². The van der Waals surface area contributed by atoms with E-state index in [2.05, 4.69) is 0 Å². The molecular formula is C13H18O8. The molecule has 1 fully saturated rings. The van der Waals surface area contributed by atoms with E-state index in [9.17, 15) is 20.4 Å². The molecule has 1 aromatic carbocycles. The Morgan fingerprint density at radius 3 is 2.48 bits per heavy atom. The lowest BCUT2D eigenvalue weighted by atomic mass is 9.99. The van der Waals surface area contributed by atoms with Gasteiger partial charge in [0.1, 0.15) is 30.2 Å². The van der Waals surface area contributed by atoms with Crippen molar-refractivity contribution < 1.29 is 39.7 Å². The first kappa shape index (κ1) is 15.8. The van der Waals surface area contributed by atoms with E-state index in [0.29, 0.717) is 0 Å². The first-order valence-corrected chi connectivity index (χ1v) is 6.32. The van der Waals surface area contributed by atoms with E-state index in [4.69, 9.17) is 19.3 Å². The van der Waals surface area contributed by atoms with Crippen LogP contribution in [0.25, 0.3) is 0 Å². The van der Waals surface area contributed by atoms with Crippen molar-refractivity contribution in [3.63, 3.8) is 0 Å². The van der Waals surface area contributed by atoms with Crippen LogP contribution in [0.5, 0.6) is 17.2 Å². The van der Waals surface area contributed by atoms with Gasteiger partial charge in [0.2, 0.25) is 6.29 Å². The van der Waals surface area contributed by atoms with Crippen LogP contribution in [0.3, 0.4) is 0 Å². The van der Waals surface area contributed by atoms with Crippen LogP contribution in [0.2, 0.25) is 0 Å². The van der Waals surface area contributed by atoms with Crippen LogP contribution < -0.4 is 9.47 Å². The Morgan fingerprint density at radius 2 is 1.86 bits per heavy atom. The fourth-order valence-electron chi connectivity index (χ4n) is 2.03. The van der Waals surface area contributed by atoms with Crippen molar-refractivity contribution in [2.24, 2.45) is 0 Å².